The smallest absolute Gasteiger partial charge is 0.309 e. The lowest BCUT2D eigenvalue weighted by molar-refractivity contribution is -0.154. The highest BCUT2D eigenvalue weighted by Gasteiger charge is 2.24. The highest BCUT2D eigenvalue weighted by atomic mass is 16.5. The number of carbonyl (C=O) groups is 2. The average molecular weight is 328 g/mol. The summed E-state index contributed by atoms with van der Waals surface area (Å²) >= 11 is 0. The molecule has 0 aromatic rings. The molecule has 0 saturated carbocycles. The maximum Gasteiger partial charge on any atom is 0.309 e. The summed E-state index contributed by atoms with van der Waals surface area (Å²) in [5.41, 5.74) is 0. The van der Waals surface area contributed by atoms with Gasteiger partial charge < -0.3 is 18.9 Å². The Hall–Kier alpha value is -1.14. The number of hydrogen-bond donors (Lipinski definition) is 0. The molecular weight excluding hydrogens is 300 g/mol. The Labute approximate surface area is 137 Å². The van der Waals surface area contributed by atoms with E-state index in [2.05, 4.69) is 0 Å². The van der Waals surface area contributed by atoms with Crippen molar-refractivity contribution in [3.63, 3.8) is 0 Å². The minimum Gasteiger partial charge on any atom is -0.465 e. The highest BCUT2D eigenvalue weighted by molar-refractivity contribution is 5.73. The van der Waals surface area contributed by atoms with Gasteiger partial charge in [-0.25, -0.2) is 0 Å². The summed E-state index contributed by atoms with van der Waals surface area (Å²) in [6.07, 6.45) is 6.04. The molecule has 0 spiro atoms. The topological polar surface area (TPSA) is 71.1 Å². The Morgan fingerprint density at radius 3 is 1.70 bits per heavy atom. The van der Waals surface area contributed by atoms with Gasteiger partial charge in [0, 0.05) is 26.4 Å². The number of hydrogen-bond acceptors (Lipinski definition) is 6. The van der Waals surface area contributed by atoms with Gasteiger partial charge in [-0.05, 0) is 44.9 Å². The highest BCUT2D eigenvalue weighted by Crippen LogP contribution is 2.19. The summed E-state index contributed by atoms with van der Waals surface area (Å²) in [5.74, 6) is -0.139. The van der Waals surface area contributed by atoms with E-state index in [9.17, 15) is 9.59 Å². The van der Waals surface area contributed by atoms with Gasteiger partial charge in [-0.3, -0.25) is 9.59 Å². The van der Waals surface area contributed by atoms with Crippen LogP contribution < -0.4 is 0 Å². The van der Waals surface area contributed by atoms with Crippen molar-refractivity contribution in [3.05, 3.63) is 0 Å². The minimum absolute atomic E-state index is 0.00949. The lowest BCUT2D eigenvalue weighted by atomic mass is 9.98. The van der Waals surface area contributed by atoms with E-state index in [4.69, 9.17) is 18.9 Å². The van der Waals surface area contributed by atoms with Gasteiger partial charge in [-0.2, -0.15) is 0 Å². The average Bonchev–Trinajstić information content (AvgIpc) is 2.56. The molecule has 0 bridgehead atoms. The van der Waals surface area contributed by atoms with Crippen LogP contribution in [0.25, 0.3) is 0 Å². The van der Waals surface area contributed by atoms with Gasteiger partial charge in [0.05, 0.1) is 25.0 Å². The van der Waals surface area contributed by atoms with Crippen molar-refractivity contribution in [2.24, 2.45) is 11.8 Å². The predicted octanol–water partition coefficient (Wildman–Crippen LogP) is 2.10. The minimum atomic E-state index is -0.0792. The first-order chi connectivity index (χ1) is 11.3. The van der Waals surface area contributed by atoms with Crippen LogP contribution in [0.15, 0.2) is 0 Å². The first-order valence-electron chi connectivity index (χ1n) is 8.76. The molecule has 0 N–H and O–H groups in total. The third-order valence-corrected chi connectivity index (χ3v) is 4.35. The second kappa shape index (κ2) is 10.6. The van der Waals surface area contributed by atoms with E-state index < -0.39 is 0 Å². The van der Waals surface area contributed by atoms with Gasteiger partial charge in [0.2, 0.25) is 0 Å². The maximum absolute atomic E-state index is 11.5. The Bertz CT molecular complexity index is 336. The van der Waals surface area contributed by atoms with Crippen LogP contribution in [-0.4, -0.2) is 51.6 Å². The molecule has 2 heterocycles. The molecule has 2 unspecified atom stereocenters. The molecule has 2 rings (SSSR count). The van der Waals surface area contributed by atoms with Crippen molar-refractivity contribution in [1.82, 2.24) is 0 Å². The molecule has 2 saturated heterocycles. The van der Waals surface area contributed by atoms with Crippen molar-refractivity contribution in [1.29, 1.82) is 0 Å². The van der Waals surface area contributed by atoms with Crippen LogP contribution in [0.5, 0.6) is 0 Å². The lowest BCUT2D eigenvalue weighted by Crippen LogP contribution is -2.25. The molecule has 0 aromatic heterocycles. The zero-order valence-electron chi connectivity index (χ0n) is 13.8. The molecule has 0 radical (unpaired) electrons. The van der Waals surface area contributed by atoms with Gasteiger partial charge in [0.25, 0.3) is 0 Å². The maximum atomic E-state index is 11.5. The van der Waals surface area contributed by atoms with Crippen molar-refractivity contribution in [2.45, 2.75) is 44.9 Å². The van der Waals surface area contributed by atoms with Crippen LogP contribution in [0.3, 0.4) is 0 Å². The molecular formula is C17H28O6. The van der Waals surface area contributed by atoms with Crippen LogP contribution in [0, 0.1) is 11.8 Å². The van der Waals surface area contributed by atoms with Gasteiger partial charge in [0.1, 0.15) is 0 Å². The van der Waals surface area contributed by atoms with E-state index in [-0.39, 0.29) is 23.8 Å². The predicted molar refractivity (Wildman–Crippen MR) is 82.9 cm³/mol. The molecule has 2 aliphatic rings. The quantitative estimate of drug-likeness (QED) is 0.452. The molecule has 132 valence electrons. The van der Waals surface area contributed by atoms with E-state index in [1.165, 1.54) is 0 Å². The van der Waals surface area contributed by atoms with Gasteiger partial charge in [0.15, 0.2) is 0 Å². The number of esters is 2. The molecule has 6 nitrogen and oxygen atoms in total. The van der Waals surface area contributed by atoms with E-state index >= 15 is 0 Å². The molecule has 6 heteroatoms. The molecule has 0 aliphatic carbocycles. The first-order valence-corrected chi connectivity index (χ1v) is 8.76. The molecule has 23 heavy (non-hydrogen) atoms. The number of carbonyl (C=O) groups excluding carboxylic acids is 2. The number of cyclic esters (lactones) is 2. The normalized spacial score (nSPS) is 25.0. The second-order valence-electron chi connectivity index (χ2n) is 6.17. The van der Waals surface area contributed by atoms with E-state index in [1.54, 1.807) is 0 Å². The monoisotopic (exact) mass is 328 g/mol. The zero-order valence-corrected chi connectivity index (χ0v) is 13.8. The third-order valence-electron chi connectivity index (χ3n) is 4.35. The van der Waals surface area contributed by atoms with Crippen molar-refractivity contribution >= 4 is 11.9 Å². The van der Waals surface area contributed by atoms with Crippen molar-refractivity contribution < 1.29 is 28.5 Å². The molecule has 0 aromatic carbocycles. The fraction of sp³-hybridized carbons (Fsp3) is 0.882. The van der Waals surface area contributed by atoms with E-state index in [0.717, 1.165) is 44.9 Å². The number of ether oxygens (including phenoxy) is 4. The van der Waals surface area contributed by atoms with Crippen LogP contribution in [0.2, 0.25) is 0 Å². The SMILES string of the molecule is O=C1OCCCC1CCOCCCOCCC1CCCOC1=O. The zero-order chi connectivity index (χ0) is 16.3. The summed E-state index contributed by atoms with van der Waals surface area (Å²) < 4.78 is 21.1. The van der Waals surface area contributed by atoms with E-state index in [0.29, 0.717) is 39.6 Å². The van der Waals surface area contributed by atoms with Crippen molar-refractivity contribution in [3.8, 4) is 0 Å². The molecule has 2 atom stereocenters. The Morgan fingerprint density at radius 1 is 0.783 bits per heavy atom. The van der Waals surface area contributed by atoms with Crippen LogP contribution in [0.4, 0.5) is 0 Å². The summed E-state index contributed by atoms with van der Waals surface area (Å²) in [5, 5.41) is 0. The Kier molecular flexibility index (Phi) is 8.39. The Morgan fingerprint density at radius 2 is 1.26 bits per heavy atom. The first kappa shape index (κ1) is 18.2. The summed E-state index contributed by atoms with van der Waals surface area (Å²) in [6, 6.07) is 0. The fourth-order valence-electron chi connectivity index (χ4n) is 2.92. The van der Waals surface area contributed by atoms with Gasteiger partial charge >= 0.3 is 11.9 Å². The van der Waals surface area contributed by atoms with Crippen LogP contribution in [-0.2, 0) is 28.5 Å². The lowest BCUT2D eigenvalue weighted by Gasteiger charge is -2.20. The summed E-state index contributed by atoms with van der Waals surface area (Å²) in [4.78, 5) is 22.9. The largest absolute Gasteiger partial charge is 0.465 e. The van der Waals surface area contributed by atoms with Gasteiger partial charge in [-0.1, -0.05) is 0 Å². The third kappa shape index (κ3) is 6.87. The van der Waals surface area contributed by atoms with Crippen LogP contribution in [0.1, 0.15) is 44.9 Å². The van der Waals surface area contributed by atoms with Crippen molar-refractivity contribution in [2.75, 3.05) is 39.6 Å². The second-order valence-corrected chi connectivity index (χ2v) is 6.17. The molecule has 0 amide bonds. The summed E-state index contributed by atoms with van der Waals surface area (Å²) in [7, 11) is 0. The standard InChI is InChI=1S/C17H28O6/c18-16-14(4-1-10-22-16)6-12-20-8-3-9-21-13-7-15-5-2-11-23-17(15)19/h14-15H,1-13H2. The Balaban J connectivity index is 1.38. The van der Waals surface area contributed by atoms with Gasteiger partial charge in [-0.15, -0.1) is 0 Å². The molecule has 2 fully saturated rings. The summed E-state index contributed by atoms with van der Waals surface area (Å²) in [6.45, 7) is 3.57. The fourth-order valence-corrected chi connectivity index (χ4v) is 2.92. The van der Waals surface area contributed by atoms with E-state index in [1.807, 2.05) is 0 Å². The molecule has 2 aliphatic heterocycles. The number of rotatable bonds is 10. The van der Waals surface area contributed by atoms with Crippen LogP contribution >= 0.6 is 0 Å².